The van der Waals surface area contributed by atoms with Crippen LogP contribution in [-0.4, -0.2) is 67.5 Å². The number of rotatable bonds is 8. The highest BCUT2D eigenvalue weighted by molar-refractivity contribution is 5.83. The van der Waals surface area contributed by atoms with E-state index in [4.69, 9.17) is 30.6 Å². The SMILES string of the molecule is CCCCC(O)CCO.O=C(O)C(O)C(O)C(=O)O. The molecule has 0 aromatic rings. The van der Waals surface area contributed by atoms with E-state index in [2.05, 4.69) is 6.92 Å². The highest BCUT2D eigenvalue weighted by Gasteiger charge is 2.29. The minimum Gasteiger partial charge on any atom is -0.479 e. The standard InChI is InChI=1S/C7H16O2.C4H6O6/c1-2-3-4-7(9)5-6-8;5-1(3(7)8)2(6)4(9)10/h7-9H,2-6H2,1H3;1-2,5-6H,(H,7,8)(H,9,10). The summed E-state index contributed by atoms with van der Waals surface area (Å²) in [6.07, 6.45) is -1.29. The van der Waals surface area contributed by atoms with Gasteiger partial charge in [-0.05, 0) is 12.8 Å². The van der Waals surface area contributed by atoms with E-state index >= 15 is 0 Å². The molecule has 0 aliphatic carbocycles. The molecule has 0 bridgehead atoms. The second-order valence-corrected chi connectivity index (χ2v) is 3.87. The summed E-state index contributed by atoms with van der Waals surface area (Å²) < 4.78 is 0. The van der Waals surface area contributed by atoms with Crippen molar-refractivity contribution in [1.29, 1.82) is 0 Å². The molecule has 0 aromatic heterocycles. The van der Waals surface area contributed by atoms with Crippen LogP contribution in [0.2, 0.25) is 0 Å². The first-order chi connectivity index (χ1) is 8.77. The molecule has 0 rings (SSSR count). The molecular weight excluding hydrogens is 260 g/mol. The summed E-state index contributed by atoms with van der Waals surface area (Å²) in [4.78, 5) is 19.5. The van der Waals surface area contributed by atoms with Gasteiger partial charge in [0, 0.05) is 6.61 Å². The largest absolute Gasteiger partial charge is 0.479 e. The Bertz CT molecular complexity index is 237. The fraction of sp³-hybridized carbons (Fsp3) is 0.818. The maximum Gasteiger partial charge on any atom is 0.335 e. The van der Waals surface area contributed by atoms with Crippen LogP contribution in [-0.2, 0) is 9.59 Å². The Morgan fingerprint density at radius 2 is 1.37 bits per heavy atom. The predicted molar refractivity (Wildman–Crippen MR) is 64.5 cm³/mol. The Morgan fingerprint density at radius 3 is 1.63 bits per heavy atom. The van der Waals surface area contributed by atoms with Crippen LogP contribution in [0.15, 0.2) is 0 Å². The average molecular weight is 282 g/mol. The van der Waals surface area contributed by atoms with E-state index in [1.807, 2.05) is 0 Å². The number of aliphatic carboxylic acids is 2. The third kappa shape index (κ3) is 11.6. The van der Waals surface area contributed by atoms with Gasteiger partial charge in [-0.15, -0.1) is 0 Å². The zero-order valence-electron chi connectivity index (χ0n) is 10.8. The van der Waals surface area contributed by atoms with Crippen molar-refractivity contribution in [2.24, 2.45) is 0 Å². The number of carboxylic acid groups (broad SMARTS) is 2. The van der Waals surface area contributed by atoms with Gasteiger partial charge in [0.15, 0.2) is 12.2 Å². The number of aliphatic hydroxyl groups is 4. The molecule has 0 heterocycles. The lowest BCUT2D eigenvalue weighted by Crippen LogP contribution is -2.39. The molecule has 19 heavy (non-hydrogen) atoms. The van der Waals surface area contributed by atoms with Crippen LogP contribution in [0.5, 0.6) is 0 Å². The van der Waals surface area contributed by atoms with Crippen molar-refractivity contribution in [3.05, 3.63) is 0 Å². The van der Waals surface area contributed by atoms with E-state index in [0.717, 1.165) is 19.3 Å². The summed E-state index contributed by atoms with van der Waals surface area (Å²) >= 11 is 0. The third-order valence-electron chi connectivity index (χ3n) is 2.16. The van der Waals surface area contributed by atoms with Crippen molar-refractivity contribution in [2.75, 3.05) is 6.61 Å². The van der Waals surface area contributed by atoms with Crippen LogP contribution in [0.1, 0.15) is 32.6 Å². The monoisotopic (exact) mass is 282 g/mol. The second kappa shape index (κ2) is 11.8. The van der Waals surface area contributed by atoms with Crippen LogP contribution in [0, 0.1) is 0 Å². The van der Waals surface area contributed by atoms with E-state index in [-0.39, 0.29) is 12.7 Å². The van der Waals surface area contributed by atoms with E-state index < -0.39 is 24.1 Å². The lowest BCUT2D eigenvalue weighted by Gasteiger charge is -2.07. The molecule has 0 aliphatic heterocycles. The molecule has 0 saturated carbocycles. The maximum atomic E-state index is 9.77. The Balaban J connectivity index is 0. The smallest absolute Gasteiger partial charge is 0.335 e. The predicted octanol–water partition coefficient (Wildman–Crippen LogP) is -1.20. The van der Waals surface area contributed by atoms with Gasteiger partial charge in [0.05, 0.1) is 6.10 Å². The Hall–Kier alpha value is -1.22. The molecule has 0 radical (unpaired) electrons. The van der Waals surface area contributed by atoms with Crippen LogP contribution < -0.4 is 0 Å². The van der Waals surface area contributed by atoms with Gasteiger partial charge >= 0.3 is 11.9 Å². The van der Waals surface area contributed by atoms with Gasteiger partial charge in [0.1, 0.15) is 0 Å². The highest BCUT2D eigenvalue weighted by Crippen LogP contribution is 2.02. The first-order valence-electron chi connectivity index (χ1n) is 5.88. The van der Waals surface area contributed by atoms with Crippen molar-refractivity contribution in [1.82, 2.24) is 0 Å². The van der Waals surface area contributed by atoms with E-state index in [0.29, 0.717) is 6.42 Å². The molecule has 0 spiro atoms. The number of hydrogen-bond donors (Lipinski definition) is 6. The van der Waals surface area contributed by atoms with Gasteiger partial charge in [-0.25, -0.2) is 9.59 Å². The first-order valence-corrected chi connectivity index (χ1v) is 5.88. The molecule has 0 aliphatic rings. The lowest BCUT2D eigenvalue weighted by atomic mass is 10.1. The van der Waals surface area contributed by atoms with Gasteiger partial charge in [-0.1, -0.05) is 19.8 Å². The molecule has 8 heteroatoms. The summed E-state index contributed by atoms with van der Waals surface area (Å²) in [5.74, 6) is -3.54. The van der Waals surface area contributed by atoms with Crippen LogP contribution >= 0.6 is 0 Å². The summed E-state index contributed by atoms with van der Waals surface area (Å²) in [5, 5.41) is 49.9. The fourth-order valence-electron chi connectivity index (χ4n) is 1.00. The lowest BCUT2D eigenvalue weighted by molar-refractivity contribution is -0.165. The van der Waals surface area contributed by atoms with Gasteiger partial charge < -0.3 is 30.6 Å². The zero-order chi connectivity index (χ0) is 15.4. The molecule has 3 atom stereocenters. The summed E-state index contributed by atoms with van der Waals surface area (Å²) in [5.41, 5.74) is 0. The van der Waals surface area contributed by atoms with Crippen molar-refractivity contribution in [3.63, 3.8) is 0 Å². The van der Waals surface area contributed by atoms with E-state index in [1.54, 1.807) is 0 Å². The van der Waals surface area contributed by atoms with Gasteiger partial charge in [-0.2, -0.15) is 0 Å². The summed E-state index contributed by atoms with van der Waals surface area (Å²) in [6, 6.07) is 0. The van der Waals surface area contributed by atoms with Gasteiger partial charge in [0.25, 0.3) is 0 Å². The van der Waals surface area contributed by atoms with Crippen LogP contribution in [0.25, 0.3) is 0 Å². The maximum absolute atomic E-state index is 9.77. The Kier molecular flexibility index (Phi) is 12.5. The molecule has 3 unspecified atom stereocenters. The summed E-state index contributed by atoms with van der Waals surface area (Å²) in [7, 11) is 0. The molecule has 0 amide bonds. The quantitative estimate of drug-likeness (QED) is 0.324. The first kappa shape index (κ1) is 20.1. The molecule has 0 saturated heterocycles. The number of carboxylic acids is 2. The summed E-state index contributed by atoms with van der Waals surface area (Å²) in [6.45, 7) is 2.19. The normalized spacial score (nSPS) is 14.8. The van der Waals surface area contributed by atoms with Crippen molar-refractivity contribution in [3.8, 4) is 0 Å². The Morgan fingerprint density at radius 1 is 0.947 bits per heavy atom. The van der Waals surface area contributed by atoms with Crippen molar-refractivity contribution in [2.45, 2.75) is 50.9 Å². The fourth-order valence-corrected chi connectivity index (χ4v) is 1.00. The number of hydrogen-bond acceptors (Lipinski definition) is 6. The molecule has 0 aromatic carbocycles. The topological polar surface area (TPSA) is 156 Å². The van der Waals surface area contributed by atoms with Gasteiger partial charge in [0.2, 0.25) is 0 Å². The number of carbonyl (C=O) groups is 2. The van der Waals surface area contributed by atoms with Crippen LogP contribution in [0.3, 0.4) is 0 Å². The van der Waals surface area contributed by atoms with E-state index in [1.165, 1.54) is 0 Å². The van der Waals surface area contributed by atoms with Crippen molar-refractivity contribution >= 4 is 11.9 Å². The molecular formula is C11H22O8. The van der Waals surface area contributed by atoms with E-state index in [9.17, 15) is 9.59 Å². The number of unbranched alkanes of at least 4 members (excludes halogenated alkanes) is 1. The zero-order valence-corrected chi connectivity index (χ0v) is 10.8. The highest BCUT2D eigenvalue weighted by atomic mass is 16.4. The minimum atomic E-state index is -2.27. The molecule has 8 nitrogen and oxygen atoms in total. The molecule has 6 N–H and O–H groups in total. The van der Waals surface area contributed by atoms with Crippen LogP contribution in [0.4, 0.5) is 0 Å². The number of aliphatic hydroxyl groups excluding tert-OH is 4. The third-order valence-corrected chi connectivity index (χ3v) is 2.16. The average Bonchev–Trinajstić information content (AvgIpc) is 2.35. The minimum absolute atomic E-state index is 0.102. The second-order valence-electron chi connectivity index (χ2n) is 3.87. The van der Waals surface area contributed by atoms with Crippen molar-refractivity contribution < 1.29 is 40.2 Å². The molecule has 114 valence electrons. The Labute approximate surface area is 110 Å². The van der Waals surface area contributed by atoms with Gasteiger partial charge in [-0.3, -0.25) is 0 Å². The molecule has 0 fully saturated rings.